The SMILES string of the molecule is CCCc1noc(CSc2nc3ccccc3c(=O)n2-c2ccc(F)cc2F)n1. The van der Waals surface area contributed by atoms with E-state index < -0.39 is 17.2 Å². The van der Waals surface area contributed by atoms with Crippen molar-refractivity contribution in [3.63, 3.8) is 0 Å². The Labute approximate surface area is 168 Å². The maximum absolute atomic E-state index is 14.5. The van der Waals surface area contributed by atoms with Crippen molar-refractivity contribution in [1.29, 1.82) is 0 Å². The number of halogens is 2. The van der Waals surface area contributed by atoms with Gasteiger partial charge in [0.1, 0.15) is 11.6 Å². The highest BCUT2D eigenvalue weighted by molar-refractivity contribution is 7.98. The average Bonchev–Trinajstić information content (AvgIpc) is 3.15. The van der Waals surface area contributed by atoms with Crippen LogP contribution in [0.3, 0.4) is 0 Å². The van der Waals surface area contributed by atoms with Crippen LogP contribution in [0.1, 0.15) is 25.1 Å². The lowest BCUT2D eigenvalue weighted by Gasteiger charge is -2.13. The van der Waals surface area contributed by atoms with Crippen molar-refractivity contribution in [3.05, 3.63) is 76.2 Å². The fraction of sp³-hybridized carbons (Fsp3) is 0.200. The molecule has 6 nitrogen and oxygen atoms in total. The number of para-hydroxylation sites is 1. The number of benzene rings is 2. The lowest BCUT2D eigenvalue weighted by Crippen LogP contribution is -2.22. The zero-order valence-corrected chi connectivity index (χ0v) is 16.2. The predicted octanol–water partition coefficient (Wildman–Crippen LogP) is 4.29. The molecule has 0 N–H and O–H groups in total. The first-order valence-electron chi connectivity index (χ1n) is 8.98. The Morgan fingerprint density at radius 3 is 2.76 bits per heavy atom. The molecular formula is C20H16F2N4O2S. The molecule has 2 heterocycles. The molecule has 9 heteroatoms. The smallest absolute Gasteiger partial charge is 0.266 e. The molecule has 0 fully saturated rings. The number of aromatic nitrogens is 4. The van der Waals surface area contributed by atoms with Crippen molar-refractivity contribution in [1.82, 2.24) is 19.7 Å². The van der Waals surface area contributed by atoms with Gasteiger partial charge < -0.3 is 4.52 Å². The molecule has 2 aromatic carbocycles. The van der Waals surface area contributed by atoms with Crippen LogP contribution >= 0.6 is 11.8 Å². The van der Waals surface area contributed by atoms with Crippen LogP contribution in [0.15, 0.2) is 56.9 Å². The summed E-state index contributed by atoms with van der Waals surface area (Å²) in [4.78, 5) is 21.9. The van der Waals surface area contributed by atoms with Gasteiger partial charge in [-0.15, -0.1) is 0 Å². The minimum atomic E-state index is -0.853. The van der Waals surface area contributed by atoms with Gasteiger partial charge in [-0.1, -0.05) is 36.0 Å². The van der Waals surface area contributed by atoms with E-state index in [0.717, 1.165) is 34.9 Å². The maximum atomic E-state index is 14.5. The molecule has 0 radical (unpaired) electrons. The summed E-state index contributed by atoms with van der Waals surface area (Å²) in [5.41, 5.74) is -0.0360. The van der Waals surface area contributed by atoms with Crippen molar-refractivity contribution in [2.75, 3.05) is 0 Å². The predicted molar refractivity (Wildman–Crippen MR) is 105 cm³/mol. The lowest BCUT2D eigenvalue weighted by atomic mass is 10.2. The first kappa shape index (κ1) is 19.3. The normalized spacial score (nSPS) is 11.3. The largest absolute Gasteiger partial charge is 0.338 e. The molecule has 4 aromatic rings. The second-order valence-electron chi connectivity index (χ2n) is 6.29. The third kappa shape index (κ3) is 3.91. The summed E-state index contributed by atoms with van der Waals surface area (Å²) in [7, 11) is 0. The molecule has 29 heavy (non-hydrogen) atoms. The van der Waals surface area contributed by atoms with Gasteiger partial charge in [0.15, 0.2) is 11.0 Å². The van der Waals surface area contributed by atoms with Gasteiger partial charge >= 0.3 is 0 Å². The molecule has 2 aromatic heterocycles. The zero-order valence-electron chi connectivity index (χ0n) is 15.4. The highest BCUT2D eigenvalue weighted by atomic mass is 32.2. The fourth-order valence-electron chi connectivity index (χ4n) is 2.88. The second-order valence-corrected chi connectivity index (χ2v) is 7.23. The molecule has 0 aliphatic heterocycles. The Morgan fingerprint density at radius 1 is 1.14 bits per heavy atom. The molecule has 148 valence electrons. The standard InChI is InChI=1S/C20H16F2N4O2S/c1-2-5-17-24-18(28-25-17)11-29-20-23-15-7-4-3-6-13(15)19(27)26(20)16-9-8-12(21)10-14(16)22/h3-4,6-10H,2,5,11H2,1H3. The zero-order chi connectivity index (χ0) is 20.4. The molecule has 0 saturated heterocycles. The molecule has 0 amide bonds. The highest BCUT2D eigenvalue weighted by Gasteiger charge is 2.18. The minimum Gasteiger partial charge on any atom is -0.338 e. The van der Waals surface area contributed by atoms with E-state index in [-0.39, 0.29) is 16.6 Å². The van der Waals surface area contributed by atoms with E-state index in [2.05, 4.69) is 15.1 Å². The number of hydrogen-bond acceptors (Lipinski definition) is 6. The van der Waals surface area contributed by atoms with Crippen LogP contribution in [0.2, 0.25) is 0 Å². The van der Waals surface area contributed by atoms with E-state index in [1.54, 1.807) is 24.3 Å². The van der Waals surface area contributed by atoms with Gasteiger partial charge in [-0.25, -0.2) is 13.8 Å². The van der Waals surface area contributed by atoms with Gasteiger partial charge in [0, 0.05) is 12.5 Å². The van der Waals surface area contributed by atoms with Gasteiger partial charge in [0.2, 0.25) is 5.89 Å². The van der Waals surface area contributed by atoms with Crippen LogP contribution in [-0.2, 0) is 12.2 Å². The van der Waals surface area contributed by atoms with Crippen molar-refractivity contribution in [2.45, 2.75) is 30.7 Å². The van der Waals surface area contributed by atoms with Gasteiger partial charge in [-0.2, -0.15) is 4.98 Å². The number of hydrogen-bond donors (Lipinski definition) is 0. The number of aryl methyl sites for hydroxylation is 1. The van der Waals surface area contributed by atoms with Crippen molar-refractivity contribution >= 4 is 22.7 Å². The van der Waals surface area contributed by atoms with Crippen LogP contribution in [0, 0.1) is 11.6 Å². The summed E-state index contributed by atoms with van der Waals surface area (Å²) < 4.78 is 34.2. The number of rotatable bonds is 6. The molecule has 0 atom stereocenters. The summed E-state index contributed by atoms with van der Waals surface area (Å²) >= 11 is 1.16. The van der Waals surface area contributed by atoms with Crippen LogP contribution in [-0.4, -0.2) is 19.7 Å². The Balaban J connectivity index is 1.79. The Kier molecular flexibility index (Phi) is 5.39. The third-order valence-electron chi connectivity index (χ3n) is 4.20. The highest BCUT2D eigenvalue weighted by Crippen LogP contribution is 2.25. The third-order valence-corrected chi connectivity index (χ3v) is 5.13. The monoisotopic (exact) mass is 414 g/mol. The molecule has 0 saturated carbocycles. The van der Waals surface area contributed by atoms with Crippen molar-refractivity contribution < 1.29 is 13.3 Å². The van der Waals surface area contributed by atoms with E-state index in [0.29, 0.717) is 29.0 Å². The first-order valence-corrected chi connectivity index (χ1v) is 9.97. The summed E-state index contributed by atoms with van der Waals surface area (Å²) in [6, 6.07) is 9.85. The molecule has 0 bridgehead atoms. The number of thioether (sulfide) groups is 1. The molecule has 4 rings (SSSR count). The molecular weight excluding hydrogens is 398 g/mol. The first-order chi connectivity index (χ1) is 14.1. The van der Waals surface area contributed by atoms with Crippen LogP contribution < -0.4 is 5.56 Å². The van der Waals surface area contributed by atoms with Crippen molar-refractivity contribution in [2.24, 2.45) is 0 Å². The Morgan fingerprint density at radius 2 is 1.97 bits per heavy atom. The summed E-state index contributed by atoms with van der Waals surface area (Å²) in [5.74, 6) is -0.334. The van der Waals surface area contributed by atoms with E-state index in [9.17, 15) is 13.6 Å². The van der Waals surface area contributed by atoms with E-state index in [4.69, 9.17) is 4.52 Å². The lowest BCUT2D eigenvalue weighted by molar-refractivity contribution is 0.384. The molecule has 0 aliphatic carbocycles. The van der Waals surface area contributed by atoms with Gasteiger partial charge in [-0.3, -0.25) is 9.36 Å². The minimum absolute atomic E-state index is 0.0747. The Hall–Kier alpha value is -3.07. The van der Waals surface area contributed by atoms with Crippen LogP contribution in [0.4, 0.5) is 8.78 Å². The molecule has 0 spiro atoms. The summed E-state index contributed by atoms with van der Waals surface area (Å²) in [5, 5.41) is 4.48. The van der Waals surface area contributed by atoms with Crippen LogP contribution in [0.25, 0.3) is 16.6 Å². The average molecular weight is 414 g/mol. The van der Waals surface area contributed by atoms with Gasteiger partial charge in [0.25, 0.3) is 5.56 Å². The van der Waals surface area contributed by atoms with Crippen molar-refractivity contribution in [3.8, 4) is 5.69 Å². The van der Waals surface area contributed by atoms with Gasteiger partial charge in [0.05, 0.1) is 22.3 Å². The fourth-order valence-corrected chi connectivity index (χ4v) is 3.73. The second kappa shape index (κ2) is 8.12. The Bertz CT molecular complexity index is 1240. The topological polar surface area (TPSA) is 73.8 Å². The van der Waals surface area contributed by atoms with Crippen LogP contribution in [0.5, 0.6) is 0 Å². The van der Waals surface area contributed by atoms with E-state index in [1.165, 1.54) is 6.07 Å². The number of nitrogens with zero attached hydrogens (tertiary/aromatic N) is 4. The van der Waals surface area contributed by atoms with E-state index in [1.807, 2.05) is 6.92 Å². The quantitative estimate of drug-likeness (QED) is 0.346. The maximum Gasteiger partial charge on any atom is 0.266 e. The van der Waals surface area contributed by atoms with E-state index >= 15 is 0 Å². The summed E-state index contributed by atoms with van der Waals surface area (Å²) in [6.45, 7) is 2.01. The summed E-state index contributed by atoms with van der Waals surface area (Å²) in [6.07, 6.45) is 1.59. The molecule has 0 aliphatic rings. The van der Waals surface area contributed by atoms with Gasteiger partial charge in [-0.05, 0) is 30.7 Å². The molecule has 0 unspecified atom stereocenters. The number of fused-ring (bicyclic) bond motifs is 1.